The Morgan fingerprint density at radius 1 is 0.857 bits per heavy atom. The minimum absolute atomic E-state index is 0.175. The van der Waals surface area contributed by atoms with E-state index in [1.165, 1.54) is 24.8 Å². The van der Waals surface area contributed by atoms with E-state index in [2.05, 4.69) is 19.1 Å². The number of carbonyl (C=O) groups is 1. The molecule has 0 N–H and O–H groups in total. The van der Waals surface area contributed by atoms with Crippen LogP contribution in [0.1, 0.15) is 57.9 Å². The van der Waals surface area contributed by atoms with Crippen molar-refractivity contribution in [3.05, 3.63) is 60.2 Å². The van der Waals surface area contributed by atoms with Crippen molar-refractivity contribution >= 4 is 14.3 Å². The predicted molar refractivity (Wildman–Crippen MR) is 115 cm³/mol. The van der Waals surface area contributed by atoms with Crippen molar-refractivity contribution in [2.45, 2.75) is 58.5 Å². The van der Waals surface area contributed by atoms with E-state index >= 15 is 0 Å². The largest absolute Gasteiger partial charge is 0.447 e. The maximum absolute atomic E-state index is 11.9. The van der Waals surface area contributed by atoms with Crippen molar-refractivity contribution in [3.8, 4) is 11.5 Å². The van der Waals surface area contributed by atoms with Gasteiger partial charge in [0.1, 0.15) is 11.5 Å². The highest BCUT2D eigenvalue weighted by Gasteiger charge is 2.13. The number of rotatable bonds is 13. The fourth-order valence-electron chi connectivity index (χ4n) is 2.72. The van der Waals surface area contributed by atoms with Crippen LogP contribution >= 0.6 is 8.38 Å². The zero-order chi connectivity index (χ0) is 20.0. The summed E-state index contributed by atoms with van der Waals surface area (Å²) in [5.41, 5.74) is 1.19. The Bertz CT molecular complexity index is 673. The fraction of sp³-hybridized carbons (Fsp3) is 0.435. The molecule has 2 aromatic rings. The van der Waals surface area contributed by atoms with Gasteiger partial charge in [0.05, 0.1) is 12.8 Å². The predicted octanol–water partition coefficient (Wildman–Crippen LogP) is 6.88. The Balaban J connectivity index is 1.80. The summed E-state index contributed by atoms with van der Waals surface area (Å²) in [6.45, 7) is 4.75. The molecule has 28 heavy (non-hydrogen) atoms. The Hall–Kier alpha value is -1.90. The quantitative estimate of drug-likeness (QED) is 0.159. The highest BCUT2D eigenvalue weighted by Crippen LogP contribution is 2.43. The third kappa shape index (κ3) is 8.86. The van der Waals surface area contributed by atoms with Gasteiger partial charge in [-0.25, -0.2) is 0 Å². The van der Waals surface area contributed by atoms with Crippen LogP contribution in [0.5, 0.6) is 11.5 Å². The lowest BCUT2D eigenvalue weighted by Crippen LogP contribution is -2.07. The third-order valence-corrected chi connectivity index (χ3v) is 5.76. The number of hydrogen-bond donors (Lipinski definition) is 0. The summed E-state index contributed by atoms with van der Waals surface area (Å²) >= 11 is 0. The average molecular weight is 402 g/mol. The molecule has 0 saturated heterocycles. The van der Waals surface area contributed by atoms with Crippen LogP contribution in [0.25, 0.3) is 0 Å². The SMILES string of the molecule is CCCCCCCC(=O)Oc1ccc(OP(Cc2ccccc2)OCC)cc1. The number of hydrogen-bond acceptors (Lipinski definition) is 4. The molecule has 0 heterocycles. The van der Waals surface area contributed by atoms with Gasteiger partial charge in [0, 0.05) is 6.42 Å². The summed E-state index contributed by atoms with van der Waals surface area (Å²) in [5, 5.41) is 0. The summed E-state index contributed by atoms with van der Waals surface area (Å²) in [4.78, 5) is 11.9. The van der Waals surface area contributed by atoms with E-state index in [1.54, 1.807) is 12.1 Å². The smallest absolute Gasteiger partial charge is 0.311 e. The first kappa shape index (κ1) is 22.4. The topological polar surface area (TPSA) is 44.8 Å². The van der Waals surface area contributed by atoms with E-state index in [9.17, 15) is 4.79 Å². The van der Waals surface area contributed by atoms with Gasteiger partial charge < -0.3 is 13.8 Å². The molecule has 152 valence electrons. The number of carbonyl (C=O) groups excluding carboxylic acids is 1. The molecule has 0 bridgehead atoms. The molecule has 1 atom stereocenters. The lowest BCUT2D eigenvalue weighted by atomic mass is 10.1. The van der Waals surface area contributed by atoms with E-state index in [4.69, 9.17) is 13.8 Å². The Labute approximate surface area is 170 Å². The zero-order valence-corrected chi connectivity index (χ0v) is 17.8. The van der Waals surface area contributed by atoms with Crippen LogP contribution in [0.2, 0.25) is 0 Å². The van der Waals surface area contributed by atoms with Gasteiger partial charge in [-0.05, 0) is 43.2 Å². The van der Waals surface area contributed by atoms with E-state index < -0.39 is 8.38 Å². The first-order valence-electron chi connectivity index (χ1n) is 10.1. The van der Waals surface area contributed by atoms with Crippen LogP contribution in [0.3, 0.4) is 0 Å². The number of benzene rings is 2. The lowest BCUT2D eigenvalue weighted by molar-refractivity contribution is -0.134. The number of ether oxygens (including phenoxy) is 1. The molecule has 2 aromatic carbocycles. The maximum Gasteiger partial charge on any atom is 0.311 e. The van der Waals surface area contributed by atoms with Gasteiger partial charge >= 0.3 is 5.97 Å². The summed E-state index contributed by atoms with van der Waals surface area (Å²) in [6, 6.07) is 17.4. The van der Waals surface area contributed by atoms with Crippen LogP contribution in [-0.4, -0.2) is 12.6 Å². The highest BCUT2D eigenvalue weighted by molar-refractivity contribution is 7.46. The van der Waals surface area contributed by atoms with Crippen LogP contribution < -0.4 is 9.26 Å². The van der Waals surface area contributed by atoms with Crippen molar-refractivity contribution in [1.82, 2.24) is 0 Å². The first-order valence-corrected chi connectivity index (χ1v) is 11.5. The fourth-order valence-corrected chi connectivity index (χ4v) is 4.08. The molecule has 0 fully saturated rings. The van der Waals surface area contributed by atoms with Crippen LogP contribution in [-0.2, 0) is 15.5 Å². The molecule has 0 amide bonds. The number of esters is 1. The monoisotopic (exact) mass is 402 g/mol. The van der Waals surface area contributed by atoms with Crippen molar-refractivity contribution in [3.63, 3.8) is 0 Å². The molecule has 0 saturated carbocycles. The minimum atomic E-state index is -1.06. The van der Waals surface area contributed by atoms with Gasteiger partial charge in [0.2, 0.25) is 8.38 Å². The second-order valence-electron chi connectivity index (χ2n) is 6.60. The van der Waals surface area contributed by atoms with Gasteiger partial charge in [-0.15, -0.1) is 0 Å². The lowest BCUT2D eigenvalue weighted by Gasteiger charge is -2.17. The average Bonchev–Trinajstić information content (AvgIpc) is 2.70. The first-order chi connectivity index (χ1) is 13.7. The van der Waals surface area contributed by atoms with E-state index in [0.29, 0.717) is 18.8 Å². The maximum atomic E-state index is 11.9. The van der Waals surface area contributed by atoms with Gasteiger partial charge in [0.15, 0.2) is 0 Å². The molecule has 0 aliphatic rings. The van der Waals surface area contributed by atoms with Gasteiger partial charge in [-0.3, -0.25) is 4.79 Å². The van der Waals surface area contributed by atoms with Gasteiger partial charge in [0.25, 0.3) is 0 Å². The molecule has 2 rings (SSSR count). The number of unbranched alkanes of at least 4 members (excludes halogenated alkanes) is 4. The summed E-state index contributed by atoms with van der Waals surface area (Å²) in [6.07, 6.45) is 6.78. The van der Waals surface area contributed by atoms with Crippen LogP contribution in [0, 0.1) is 0 Å². The normalized spacial score (nSPS) is 11.8. The van der Waals surface area contributed by atoms with Gasteiger partial charge in [-0.2, -0.15) is 0 Å². The Kier molecular flexibility index (Phi) is 10.6. The second-order valence-corrected chi connectivity index (χ2v) is 8.02. The summed E-state index contributed by atoms with van der Waals surface area (Å²) in [5.74, 6) is 1.09. The van der Waals surface area contributed by atoms with Crippen molar-refractivity contribution in [2.75, 3.05) is 6.61 Å². The molecule has 1 unspecified atom stereocenters. The van der Waals surface area contributed by atoms with Crippen molar-refractivity contribution < 1.29 is 18.6 Å². The third-order valence-electron chi connectivity index (χ3n) is 4.17. The molecular weight excluding hydrogens is 371 g/mol. The molecule has 0 radical (unpaired) electrons. The summed E-state index contributed by atoms with van der Waals surface area (Å²) < 4.78 is 17.2. The molecule has 0 aromatic heterocycles. The van der Waals surface area contributed by atoms with Crippen molar-refractivity contribution in [2.24, 2.45) is 0 Å². The Morgan fingerprint density at radius 2 is 1.54 bits per heavy atom. The molecule has 0 aliphatic heterocycles. The van der Waals surface area contributed by atoms with E-state index in [-0.39, 0.29) is 5.97 Å². The molecule has 5 heteroatoms. The summed E-state index contributed by atoms with van der Waals surface area (Å²) in [7, 11) is -1.06. The molecular formula is C23H31O4P. The molecule has 0 spiro atoms. The minimum Gasteiger partial charge on any atom is -0.447 e. The second kappa shape index (κ2) is 13.3. The zero-order valence-electron chi connectivity index (χ0n) is 16.9. The molecule has 0 aliphatic carbocycles. The highest BCUT2D eigenvalue weighted by atomic mass is 31.2. The Morgan fingerprint density at radius 3 is 2.21 bits per heavy atom. The van der Waals surface area contributed by atoms with E-state index in [0.717, 1.165) is 24.8 Å². The standard InChI is InChI=1S/C23H31O4P/c1-3-5-6-7-11-14-23(24)26-21-15-17-22(18-16-21)27-28(25-4-2)19-20-12-9-8-10-13-20/h8-10,12-13,15-18H,3-7,11,14,19H2,1-2H3. The van der Waals surface area contributed by atoms with Crippen molar-refractivity contribution in [1.29, 1.82) is 0 Å². The van der Waals surface area contributed by atoms with Gasteiger partial charge in [-0.1, -0.05) is 62.9 Å². The molecule has 4 nitrogen and oxygen atoms in total. The van der Waals surface area contributed by atoms with Crippen LogP contribution in [0.15, 0.2) is 54.6 Å². The van der Waals surface area contributed by atoms with E-state index in [1.807, 2.05) is 37.3 Å². The van der Waals surface area contributed by atoms with Crippen LogP contribution in [0.4, 0.5) is 0 Å².